The van der Waals surface area contributed by atoms with Crippen molar-refractivity contribution in [2.45, 2.75) is 19.9 Å². The molecule has 0 aliphatic heterocycles. The van der Waals surface area contributed by atoms with E-state index in [9.17, 15) is 0 Å². The molecule has 17 heavy (non-hydrogen) atoms. The fourth-order valence-corrected chi connectivity index (χ4v) is 1.41. The van der Waals surface area contributed by atoms with Crippen LogP contribution in [0.15, 0.2) is 16.5 Å². The molecule has 98 valence electrons. The Morgan fingerprint density at radius 2 is 2.00 bits per heavy atom. The summed E-state index contributed by atoms with van der Waals surface area (Å²) in [5.41, 5.74) is 0. The van der Waals surface area contributed by atoms with Crippen LogP contribution in [0.1, 0.15) is 18.4 Å². The molecule has 1 rings (SSSR count). The summed E-state index contributed by atoms with van der Waals surface area (Å²) in [7, 11) is 4.09. The van der Waals surface area contributed by atoms with Crippen molar-refractivity contribution in [3.05, 3.63) is 23.7 Å². The quantitative estimate of drug-likeness (QED) is 0.664. The molecule has 0 amide bonds. The van der Waals surface area contributed by atoms with E-state index in [4.69, 9.17) is 9.15 Å². The number of furan rings is 1. The molecule has 1 heterocycles. The molecule has 0 radical (unpaired) electrons. The van der Waals surface area contributed by atoms with Crippen LogP contribution < -0.4 is 5.32 Å². The molecule has 0 fully saturated rings. The first-order chi connectivity index (χ1) is 8.22. The van der Waals surface area contributed by atoms with Gasteiger partial charge >= 0.3 is 0 Å². The van der Waals surface area contributed by atoms with Gasteiger partial charge in [-0.05, 0) is 26.2 Å². The molecule has 0 spiro atoms. The lowest BCUT2D eigenvalue weighted by Gasteiger charge is -2.09. The van der Waals surface area contributed by atoms with Gasteiger partial charge < -0.3 is 19.4 Å². The summed E-state index contributed by atoms with van der Waals surface area (Å²) in [6.07, 6.45) is 0.952. The lowest BCUT2D eigenvalue weighted by molar-refractivity contribution is 0.119. The van der Waals surface area contributed by atoms with E-state index in [0.717, 1.165) is 50.8 Å². The van der Waals surface area contributed by atoms with Crippen LogP contribution in [0.3, 0.4) is 0 Å². The summed E-state index contributed by atoms with van der Waals surface area (Å²) >= 11 is 0. The number of nitrogens with zero attached hydrogens (tertiary/aromatic N) is 1. The summed E-state index contributed by atoms with van der Waals surface area (Å²) in [5.74, 6) is 2.04. The van der Waals surface area contributed by atoms with Crippen molar-refractivity contribution >= 4 is 0 Å². The maximum atomic E-state index is 5.58. The standard InChI is InChI=1S/C13H24N2O2/c1-4-12-5-6-13(17-12)11-14-7-9-16-10-8-15(2)3/h5-6,14H,4,7-11H2,1-3H3. The van der Waals surface area contributed by atoms with Gasteiger partial charge in [-0.15, -0.1) is 0 Å². The van der Waals surface area contributed by atoms with Crippen molar-refractivity contribution in [2.24, 2.45) is 0 Å². The van der Waals surface area contributed by atoms with E-state index < -0.39 is 0 Å². The van der Waals surface area contributed by atoms with Gasteiger partial charge in [-0.3, -0.25) is 0 Å². The molecule has 0 aromatic carbocycles. The number of nitrogens with one attached hydrogen (secondary N) is 1. The molecule has 0 aliphatic carbocycles. The zero-order chi connectivity index (χ0) is 12.5. The monoisotopic (exact) mass is 240 g/mol. The van der Waals surface area contributed by atoms with E-state index in [2.05, 4.69) is 17.1 Å². The molecule has 4 nitrogen and oxygen atoms in total. The van der Waals surface area contributed by atoms with E-state index in [0.29, 0.717) is 0 Å². The fraction of sp³-hybridized carbons (Fsp3) is 0.692. The molecule has 0 atom stereocenters. The van der Waals surface area contributed by atoms with Crippen LogP contribution in [0.5, 0.6) is 0 Å². The Morgan fingerprint density at radius 3 is 2.65 bits per heavy atom. The molecule has 0 saturated carbocycles. The molecule has 0 saturated heterocycles. The summed E-state index contributed by atoms with van der Waals surface area (Å²) < 4.78 is 11.1. The fourth-order valence-electron chi connectivity index (χ4n) is 1.41. The number of rotatable bonds is 9. The second-order valence-corrected chi connectivity index (χ2v) is 4.31. The van der Waals surface area contributed by atoms with Gasteiger partial charge in [0.2, 0.25) is 0 Å². The summed E-state index contributed by atoms with van der Waals surface area (Å²) in [6, 6.07) is 4.06. The summed E-state index contributed by atoms with van der Waals surface area (Å²) in [4.78, 5) is 2.11. The van der Waals surface area contributed by atoms with E-state index in [1.807, 2.05) is 26.2 Å². The molecule has 0 aliphatic rings. The second-order valence-electron chi connectivity index (χ2n) is 4.31. The number of ether oxygens (including phenoxy) is 1. The van der Waals surface area contributed by atoms with Crippen molar-refractivity contribution in [3.63, 3.8) is 0 Å². The Labute approximate surface area is 104 Å². The van der Waals surface area contributed by atoms with Crippen LogP contribution in [-0.4, -0.2) is 45.3 Å². The minimum atomic E-state index is 0.745. The zero-order valence-electron chi connectivity index (χ0n) is 11.2. The highest BCUT2D eigenvalue weighted by Gasteiger charge is 1.99. The first-order valence-electron chi connectivity index (χ1n) is 6.23. The third-order valence-corrected chi connectivity index (χ3v) is 2.47. The van der Waals surface area contributed by atoms with Crippen molar-refractivity contribution < 1.29 is 9.15 Å². The van der Waals surface area contributed by atoms with Gasteiger partial charge in [-0.1, -0.05) is 6.92 Å². The Kier molecular flexibility index (Phi) is 6.93. The first kappa shape index (κ1) is 14.2. The number of aryl methyl sites for hydroxylation is 1. The maximum absolute atomic E-state index is 5.58. The summed E-state index contributed by atoms with van der Waals surface area (Å²) in [5, 5.41) is 3.29. The van der Waals surface area contributed by atoms with Crippen molar-refractivity contribution in [2.75, 3.05) is 40.4 Å². The van der Waals surface area contributed by atoms with Crippen LogP contribution in [-0.2, 0) is 17.7 Å². The number of hydrogen-bond donors (Lipinski definition) is 1. The van der Waals surface area contributed by atoms with Crippen molar-refractivity contribution in [1.29, 1.82) is 0 Å². The lowest BCUT2D eigenvalue weighted by atomic mass is 10.3. The van der Waals surface area contributed by atoms with Crippen LogP contribution >= 0.6 is 0 Å². The number of likely N-dealkylation sites (N-methyl/N-ethyl adjacent to an activating group) is 1. The van der Waals surface area contributed by atoms with Crippen LogP contribution in [0.25, 0.3) is 0 Å². The predicted octanol–water partition coefficient (Wildman–Crippen LogP) is 1.51. The highest BCUT2D eigenvalue weighted by Crippen LogP contribution is 2.07. The minimum absolute atomic E-state index is 0.745. The van der Waals surface area contributed by atoms with E-state index >= 15 is 0 Å². The maximum Gasteiger partial charge on any atom is 0.117 e. The van der Waals surface area contributed by atoms with Gasteiger partial charge in [0, 0.05) is 19.5 Å². The Bertz CT molecular complexity index is 297. The zero-order valence-corrected chi connectivity index (χ0v) is 11.2. The molecule has 0 bridgehead atoms. The van der Waals surface area contributed by atoms with Gasteiger partial charge in [0.1, 0.15) is 11.5 Å². The topological polar surface area (TPSA) is 37.6 Å². The number of hydrogen-bond acceptors (Lipinski definition) is 4. The Balaban J connectivity index is 1.97. The second kappa shape index (κ2) is 8.28. The average molecular weight is 240 g/mol. The highest BCUT2D eigenvalue weighted by molar-refractivity contribution is 5.06. The van der Waals surface area contributed by atoms with Gasteiger partial charge in [0.05, 0.1) is 19.8 Å². The SMILES string of the molecule is CCc1ccc(CNCCOCCN(C)C)o1. The third-order valence-electron chi connectivity index (χ3n) is 2.47. The summed E-state index contributed by atoms with van der Waals surface area (Å²) in [6.45, 7) is 6.23. The molecule has 1 N–H and O–H groups in total. The smallest absolute Gasteiger partial charge is 0.117 e. The van der Waals surface area contributed by atoms with Gasteiger partial charge in [-0.2, -0.15) is 0 Å². The van der Waals surface area contributed by atoms with Crippen molar-refractivity contribution in [3.8, 4) is 0 Å². The van der Waals surface area contributed by atoms with E-state index in [1.165, 1.54) is 0 Å². The molecular weight excluding hydrogens is 216 g/mol. The van der Waals surface area contributed by atoms with Crippen LogP contribution in [0, 0.1) is 0 Å². The normalized spacial score (nSPS) is 11.3. The van der Waals surface area contributed by atoms with Gasteiger partial charge in [-0.25, -0.2) is 0 Å². The van der Waals surface area contributed by atoms with Crippen molar-refractivity contribution in [1.82, 2.24) is 10.2 Å². The molecule has 1 aromatic rings. The van der Waals surface area contributed by atoms with Gasteiger partial charge in [0.15, 0.2) is 0 Å². The average Bonchev–Trinajstić information content (AvgIpc) is 2.75. The van der Waals surface area contributed by atoms with E-state index in [-0.39, 0.29) is 0 Å². The molecule has 1 aromatic heterocycles. The lowest BCUT2D eigenvalue weighted by Crippen LogP contribution is -2.22. The molecule has 0 unspecified atom stereocenters. The Hall–Kier alpha value is -0.840. The Morgan fingerprint density at radius 1 is 1.24 bits per heavy atom. The highest BCUT2D eigenvalue weighted by atomic mass is 16.5. The van der Waals surface area contributed by atoms with Crippen LogP contribution in [0.4, 0.5) is 0 Å². The molecular formula is C13H24N2O2. The van der Waals surface area contributed by atoms with Crippen LogP contribution in [0.2, 0.25) is 0 Å². The largest absolute Gasteiger partial charge is 0.465 e. The predicted molar refractivity (Wildman–Crippen MR) is 69.2 cm³/mol. The van der Waals surface area contributed by atoms with Gasteiger partial charge in [0.25, 0.3) is 0 Å². The molecule has 4 heteroatoms. The minimum Gasteiger partial charge on any atom is -0.465 e. The first-order valence-corrected chi connectivity index (χ1v) is 6.23. The third kappa shape index (κ3) is 6.46. The van der Waals surface area contributed by atoms with E-state index in [1.54, 1.807) is 0 Å².